The second-order valence-corrected chi connectivity index (χ2v) is 8.00. The molecule has 3 atom stereocenters. The number of thioether (sulfide) groups is 1. The van der Waals surface area contributed by atoms with Crippen molar-refractivity contribution in [3.8, 4) is 5.75 Å². The summed E-state index contributed by atoms with van der Waals surface area (Å²) in [7, 11) is 0. The zero-order valence-electron chi connectivity index (χ0n) is 14.2. The second-order valence-electron chi connectivity index (χ2n) is 6.23. The molecule has 0 aliphatic carbocycles. The van der Waals surface area contributed by atoms with Gasteiger partial charge in [0.2, 0.25) is 5.91 Å². The van der Waals surface area contributed by atoms with Gasteiger partial charge in [-0.15, -0.1) is 11.8 Å². The van der Waals surface area contributed by atoms with E-state index in [2.05, 4.69) is 5.32 Å². The number of fused-ring (bicyclic) bond motifs is 1. The summed E-state index contributed by atoms with van der Waals surface area (Å²) < 4.78 is 4.67. The molecule has 1 aromatic rings. The number of ether oxygens (including phenoxy) is 1. The molecular formula is C16H17KN2O5S. The molecule has 2 aliphatic heterocycles. The Morgan fingerprint density at radius 3 is 2.56 bits per heavy atom. The summed E-state index contributed by atoms with van der Waals surface area (Å²) in [5, 5.41) is 13.5. The van der Waals surface area contributed by atoms with E-state index in [9.17, 15) is 19.5 Å². The standard InChI is InChI=1S/C16H18N2O5S.K/c1-16(2)12(15(21)22)18-13(20)11(14(18)24-16)17-10(19)8-23-9-6-4-3-5-7-9;/h3-7,11-12,14H,8H2,1-2H3,(H,17,19)(H,21,22);/q;+1/p-1/t11?,12?,14-;/m0./s1. The van der Waals surface area contributed by atoms with Crippen molar-refractivity contribution in [3.05, 3.63) is 30.3 Å². The topological polar surface area (TPSA) is 98.8 Å². The summed E-state index contributed by atoms with van der Waals surface area (Å²) in [6, 6.07) is 7.14. The monoisotopic (exact) mass is 388 g/mol. The van der Waals surface area contributed by atoms with Crippen molar-refractivity contribution in [2.75, 3.05) is 6.61 Å². The molecule has 2 heterocycles. The zero-order valence-corrected chi connectivity index (χ0v) is 18.2. The Balaban J connectivity index is 0.00000225. The van der Waals surface area contributed by atoms with Gasteiger partial charge in [-0.1, -0.05) is 18.2 Å². The number of nitrogens with one attached hydrogen (secondary N) is 1. The van der Waals surface area contributed by atoms with Crippen molar-refractivity contribution in [1.82, 2.24) is 10.2 Å². The number of β-lactam (4-membered cyclic amide) rings is 1. The first-order valence-electron chi connectivity index (χ1n) is 7.49. The van der Waals surface area contributed by atoms with Crippen LogP contribution in [0.1, 0.15) is 13.8 Å². The predicted octanol–water partition coefficient (Wildman–Crippen LogP) is -3.63. The maximum Gasteiger partial charge on any atom is 1.00 e. The molecule has 128 valence electrons. The summed E-state index contributed by atoms with van der Waals surface area (Å²) in [5.74, 6) is -1.55. The average molecular weight is 388 g/mol. The van der Waals surface area contributed by atoms with Crippen LogP contribution in [0.25, 0.3) is 0 Å². The number of hydrogen-bond donors (Lipinski definition) is 1. The van der Waals surface area contributed by atoms with Gasteiger partial charge in [0.25, 0.3) is 5.91 Å². The third kappa shape index (κ3) is 4.06. The number of carboxylic acids is 1. The minimum Gasteiger partial charge on any atom is -0.548 e. The van der Waals surface area contributed by atoms with E-state index in [4.69, 9.17) is 4.74 Å². The third-order valence-electron chi connectivity index (χ3n) is 4.09. The second kappa shape index (κ2) is 7.97. The molecule has 0 aromatic heterocycles. The number of carbonyl (C=O) groups excluding carboxylic acids is 3. The molecule has 7 nitrogen and oxygen atoms in total. The molecule has 2 fully saturated rings. The molecule has 9 heteroatoms. The van der Waals surface area contributed by atoms with Crippen molar-refractivity contribution in [2.45, 2.75) is 36.1 Å². The van der Waals surface area contributed by atoms with Crippen LogP contribution in [0.5, 0.6) is 5.75 Å². The van der Waals surface area contributed by atoms with Gasteiger partial charge in [0, 0.05) is 4.75 Å². The van der Waals surface area contributed by atoms with Crippen molar-refractivity contribution >= 4 is 29.5 Å². The maximum atomic E-state index is 12.2. The van der Waals surface area contributed by atoms with Crippen molar-refractivity contribution in [2.24, 2.45) is 0 Å². The minimum atomic E-state index is -1.28. The number of rotatable bonds is 5. The Kier molecular flexibility index (Phi) is 6.61. The fraction of sp³-hybridized carbons (Fsp3) is 0.438. The first kappa shape index (κ1) is 20.7. The smallest absolute Gasteiger partial charge is 0.548 e. The van der Waals surface area contributed by atoms with Gasteiger partial charge in [-0.05, 0) is 26.0 Å². The Morgan fingerprint density at radius 1 is 1.32 bits per heavy atom. The molecule has 25 heavy (non-hydrogen) atoms. The number of nitrogens with zero attached hydrogens (tertiary/aromatic N) is 1. The molecule has 2 saturated heterocycles. The quantitative estimate of drug-likeness (QED) is 0.413. The van der Waals surface area contributed by atoms with Gasteiger partial charge in [0.1, 0.15) is 17.2 Å². The summed E-state index contributed by atoms with van der Waals surface area (Å²) >= 11 is 1.35. The van der Waals surface area contributed by atoms with E-state index in [1.807, 2.05) is 6.07 Å². The van der Waals surface area contributed by atoms with Crippen LogP contribution >= 0.6 is 11.8 Å². The fourth-order valence-electron chi connectivity index (χ4n) is 3.01. The molecule has 1 aromatic carbocycles. The van der Waals surface area contributed by atoms with Crippen molar-refractivity contribution in [1.29, 1.82) is 0 Å². The van der Waals surface area contributed by atoms with Crippen LogP contribution in [0.2, 0.25) is 0 Å². The van der Waals surface area contributed by atoms with E-state index in [0.717, 1.165) is 0 Å². The molecule has 2 aliphatic rings. The zero-order chi connectivity index (χ0) is 17.5. The van der Waals surface area contributed by atoms with Gasteiger partial charge >= 0.3 is 51.4 Å². The van der Waals surface area contributed by atoms with E-state index >= 15 is 0 Å². The minimum absolute atomic E-state index is 0. The maximum absolute atomic E-state index is 12.2. The van der Waals surface area contributed by atoms with Gasteiger partial charge in [-0.3, -0.25) is 9.59 Å². The number of benzene rings is 1. The average Bonchev–Trinajstić information content (AvgIpc) is 2.80. The summed E-state index contributed by atoms with van der Waals surface area (Å²) in [4.78, 5) is 36.8. The summed E-state index contributed by atoms with van der Waals surface area (Å²) in [6.07, 6.45) is 0. The number of para-hydroxylation sites is 1. The van der Waals surface area contributed by atoms with E-state index in [1.165, 1.54) is 16.7 Å². The van der Waals surface area contributed by atoms with Gasteiger partial charge in [0.15, 0.2) is 6.61 Å². The first-order chi connectivity index (χ1) is 11.3. The molecule has 0 spiro atoms. The Labute approximate surface area is 192 Å². The molecule has 1 N–H and O–H groups in total. The van der Waals surface area contributed by atoms with Crippen LogP contribution in [-0.4, -0.2) is 51.5 Å². The summed E-state index contributed by atoms with van der Waals surface area (Å²) in [6.45, 7) is 3.29. The van der Waals surface area contributed by atoms with Crippen LogP contribution in [0.15, 0.2) is 30.3 Å². The van der Waals surface area contributed by atoms with Gasteiger partial charge < -0.3 is 24.9 Å². The van der Waals surface area contributed by atoms with Crippen LogP contribution in [0, 0.1) is 0 Å². The van der Waals surface area contributed by atoms with E-state index < -0.39 is 40.0 Å². The van der Waals surface area contributed by atoms with Crippen molar-refractivity contribution in [3.63, 3.8) is 0 Å². The third-order valence-corrected chi connectivity index (χ3v) is 5.67. The predicted molar refractivity (Wildman–Crippen MR) is 85.0 cm³/mol. The van der Waals surface area contributed by atoms with E-state index in [1.54, 1.807) is 38.1 Å². The number of carbonyl (C=O) groups is 3. The molecule has 2 amide bonds. The van der Waals surface area contributed by atoms with Gasteiger partial charge in [-0.25, -0.2) is 0 Å². The Morgan fingerprint density at radius 2 is 1.96 bits per heavy atom. The molecule has 0 bridgehead atoms. The first-order valence-corrected chi connectivity index (χ1v) is 8.37. The molecule has 2 unspecified atom stereocenters. The van der Waals surface area contributed by atoms with Crippen LogP contribution < -0.4 is 66.5 Å². The normalized spacial score (nSPS) is 26.1. The van der Waals surface area contributed by atoms with E-state index in [0.29, 0.717) is 5.75 Å². The SMILES string of the molecule is CC1(C)S[C@H]2C(NC(=O)COc3ccccc3)C(=O)N2C1C(=O)[O-].[K+]. The summed E-state index contributed by atoms with van der Waals surface area (Å²) in [5.41, 5.74) is 0. The molecular weight excluding hydrogens is 371 g/mol. The Bertz CT molecular complexity index is 684. The number of aliphatic carboxylic acids is 1. The molecule has 0 saturated carbocycles. The van der Waals surface area contributed by atoms with E-state index in [-0.39, 0.29) is 58.0 Å². The number of hydrogen-bond acceptors (Lipinski definition) is 6. The largest absolute Gasteiger partial charge is 1.00 e. The fourth-order valence-corrected chi connectivity index (χ4v) is 4.63. The Hall–Kier alpha value is -0.584. The molecule has 3 rings (SSSR count). The van der Waals surface area contributed by atoms with Crippen LogP contribution in [0.3, 0.4) is 0 Å². The van der Waals surface area contributed by atoms with Crippen LogP contribution in [-0.2, 0) is 14.4 Å². The number of carboxylic acid groups (broad SMARTS) is 1. The van der Waals surface area contributed by atoms with Gasteiger partial charge in [0.05, 0.1) is 12.0 Å². The number of amides is 2. The van der Waals surface area contributed by atoms with Crippen molar-refractivity contribution < 1.29 is 75.6 Å². The van der Waals surface area contributed by atoms with Crippen LogP contribution in [0.4, 0.5) is 0 Å². The van der Waals surface area contributed by atoms with Gasteiger partial charge in [-0.2, -0.15) is 0 Å². The molecule has 0 radical (unpaired) electrons.